The minimum Gasteiger partial charge on any atom is -0.352 e. The predicted molar refractivity (Wildman–Crippen MR) is 81.2 cm³/mol. The van der Waals surface area contributed by atoms with Crippen molar-refractivity contribution in [3.63, 3.8) is 0 Å². The predicted octanol–water partition coefficient (Wildman–Crippen LogP) is 1.68. The summed E-state index contributed by atoms with van der Waals surface area (Å²) in [5.74, 6) is -0.0702. The van der Waals surface area contributed by atoms with Gasteiger partial charge in [0.15, 0.2) is 0 Å². The summed E-state index contributed by atoms with van der Waals surface area (Å²) in [6.45, 7) is 6.51. The fraction of sp³-hybridized carbons (Fsp3) is 0.562. The molecular weight excluding hydrogens is 250 g/mol. The van der Waals surface area contributed by atoms with Gasteiger partial charge in [0.1, 0.15) is 6.04 Å². The van der Waals surface area contributed by atoms with Crippen molar-refractivity contribution in [1.29, 1.82) is 0 Å². The number of carbonyl (C=O) groups is 1. The molecule has 0 aliphatic carbocycles. The summed E-state index contributed by atoms with van der Waals surface area (Å²) in [5.41, 5.74) is 6.87. The lowest BCUT2D eigenvalue weighted by Crippen LogP contribution is -2.48. The van der Waals surface area contributed by atoms with Gasteiger partial charge in [0.25, 0.3) is 0 Å². The lowest BCUT2D eigenvalue weighted by atomic mass is 10.0. The van der Waals surface area contributed by atoms with Gasteiger partial charge < -0.3 is 16.0 Å². The molecule has 0 aromatic heterocycles. The zero-order chi connectivity index (χ0) is 14.5. The molecule has 1 aliphatic heterocycles. The van der Waals surface area contributed by atoms with Gasteiger partial charge in [0.2, 0.25) is 5.91 Å². The highest BCUT2D eigenvalue weighted by molar-refractivity contribution is 5.83. The molecular formula is C16H25N3O. The summed E-state index contributed by atoms with van der Waals surface area (Å²) in [6, 6.07) is 9.80. The number of rotatable bonds is 4. The van der Waals surface area contributed by atoms with Crippen molar-refractivity contribution in [3.05, 3.63) is 35.9 Å². The first kappa shape index (κ1) is 15.0. The van der Waals surface area contributed by atoms with Crippen molar-refractivity contribution in [3.8, 4) is 0 Å². The first-order valence-electron chi connectivity index (χ1n) is 7.43. The fourth-order valence-electron chi connectivity index (χ4n) is 2.66. The summed E-state index contributed by atoms with van der Waals surface area (Å²) in [4.78, 5) is 14.6. The third kappa shape index (κ3) is 3.81. The monoisotopic (exact) mass is 275 g/mol. The van der Waals surface area contributed by atoms with Crippen LogP contribution in [0.15, 0.2) is 30.3 Å². The molecule has 0 radical (unpaired) electrons. The van der Waals surface area contributed by atoms with Crippen LogP contribution in [0.25, 0.3) is 0 Å². The number of piperidine rings is 1. The van der Waals surface area contributed by atoms with Gasteiger partial charge in [0, 0.05) is 25.2 Å². The van der Waals surface area contributed by atoms with E-state index in [9.17, 15) is 4.79 Å². The third-order valence-electron chi connectivity index (χ3n) is 4.05. The van der Waals surface area contributed by atoms with Gasteiger partial charge in [-0.3, -0.25) is 4.79 Å². The van der Waals surface area contributed by atoms with Gasteiger partial charge in [0.05, 0.1) is 0 Å². The largest absolute Gasteiger partial charge is 0.352 e. The van der Waals surface area contributed by atoms with Crippen LogP contribution in [0.5, 0.6) is 0 Å². The van der Waals surface area contributed by atoms with Gasteiger partial charge in [-0.15, -0.1) is 0 Å². The van der Waals surface area contributed by atoms with E-state index in [2.05, 4.69) is 24.1 Å². The second-order valence-electron chi connectivity index (χ2n) is 5.80. The molecule has 0 spiro atoms. The highest BCUT2D eigenvalue weighted by atomic mass is 16.2. The molecule has 0 saturated carbocycles. The van der Waals surface area contributed by atoms with Crippen molar-refractivity contribution in [2.45, 2.75) is 44.8 Å². The molecule has 4 nitrogen and oxygen atoms in total. The minimum atomic E-state index is -0.570. The molecule has 0 bridgehead atoms. The highest BCUT2D eigenvalue weighted by Crippen LogP contribution is 2.15. The number of amides is 1. The van der Waals surface area contributed by atoms with Crippen LogP contribution in [0, 0.1) is 0 Å². The third-order valence-corrected chi connectivity index (χ3v) is 4.05. The van der Waals surface area contributed by atoms with Gasteiger partial charge in [-0.05, 0) is 32.3 Å². The van der Waals surface area contributed by atoms with Crippen molar-refractivity contribution in [2.24, 2.45) is 5.73 Å². The van der Waals surface area contributed by atoms with E-state index in [1.807, 2.05) is 30.3 Å². The molecule has 1 aliphatic rings. The first-order chi connectivity index (χ1) is 9.58. The number of hydrogen-bond donors (Lipinski definition) is 2. The van der Waals surface area contributed by atoms with Crippen LogP contribution in [0.4, 0.5) is 0 Å². The van der Waals surface area contributed by atoms with Gasteiger partial charge in [-0.1, -0.05) is 30.3 Å². The second-order valence-corrected chi connectivity index (χ2v) is 5.80. The minimum absolute atomic E-state index is 0.0702. The van der Waals surface area contributed by atoms with E-state index >= 15 is 0 Å². The zero-order valence-electron chi connectivity index (χ0n) is 12.4. The molecule has 1 heterocycles. The van der Waals surface area contributed by atoms with Crippen LogP contribution in [-0.2, 0) is 4.79 Å². The van der Waals surface area contributed by atoms with E-state index in [4.69, 9.17) is 5.73 Å². The molecule has 110 valence electrons. The van der Waals surface area contributed by atoms with Crippen molar-refractivity contribution in [2.75, 3.05) is 13.1 Å². The second kappa shape index (κ2) is 6.86. The standard InChI is InChI=1S/C16H25N3O/c1-12(2)19-10-8-14(9-11-19)18-16(20)15(17)13-6-4-3-5-7-13/h3-7,12,14-15H,8-11,17H2,1-2H3,(H,18,20)/t15-/m1/s1. The number of hydrogen-bond acceptors (Lipinski definition) is 3. The Morgan fingerprint density at radius 1 is 1.25 bits per heavy atom. The summed E-state index contributed by atoms with van der Waals surface area (Å²) in [7, 11) is 0. The topological polar surface area (TPSA) is 58.4 Å². The Balaban J connectivity index is 1.84. The molecule has 4 heteroatoms. The van der Waals surface area contributed by atoms with E-state index in [0.29, 0.717) is 6.04 Å². The maximum absolute atomic E-state index is 12.2. The highest BCUT2D eigenvalue weighted by Gasteiger charge is 2.24. The molecule has 1 amide bonds. The molecule has 0 unspecified atom stereocenters. The molecule has 1 fully saturated rings. The Morgan fingerprint density at radius 2 is 1.85 bits per heavy atom. The van der Waals surface area contributed by atoms with Crippen LogP contribution < -0.4 is 11.1 Å². The first-order valence-corrected chi connectivity index (χ1v) is 7.43. The van der Waals surface area contributed by atoms with E-state index in [-0.39, 0.29) is 11.9 Å². The van der Waals surface area contributed by atoms with Crippen LogP contribution in [0.3, 0.4) is 0 Å². The molecule has 20 heavy (non-hydrogen) atoms. The zero-order valence-corrected chi connectivity index (χ0v) is 12.4. The smallest absolute Gasteiger partial charge is 0.241 e. The maximum Gasteiger partial charge on any atom is 0.241 e. The fourth-order valence-corrected chi connectivity index (χ4v) is 2.66. The van der Waals surface area contributed by atoms with Crippen LogP contribution in [-0.4, -0.2) is 36.0 Å². The Bertz CT molecular complexity index is 425. The van der Waals surface area contributed by atoms with E-state index < -0.39 is 6.04 Å². The number of nitrogens with zero attached hydrogens (tertiary/aromatic N) is 1. The van der Waals surface area contributed by atoms with Crippen LogP contribution in [0.2, 0.25) is 0 Å². The SMILES string of the molecule is CC(C)N1CCC(NC(=O)[C@H](N)c2ccccc2)CC1. The van der Waals surface area contributed by atoms with E-state index in [1.54, 1.807) is 0 Å². The Kier molecular flexibility index (Phi) is 5.15. The van der Waals surface area contributed by atoms with E-state index in [0.717, 1.165) is 31.5 Å². The van der Waals surface area contributed by atoms with Gasteiger partial charge >= 0.3 is 0 Å². The average molecular weight is 275 g/mol. The molecule has 1 aromatic rings. The van der Waals surface area contributed by atoms with Gasteiger partial charge in [-0.25, -0.2) is 0 Å². The summed E-state index contributed by atoms with van der Waals surface area (Å²) in [6.07, 6.45) is 2.01. The van der Waals surface area contributed by atoms with Crippen LogP contribution >= 0.6 is 0 Å². The number of likely N-dealkylation sites (tertiary alicyclic amines) is 1. The van der Waals surface area contributed by atoms with Gasteiger partial charge in [-0.2, -0.15) is 0 Å². The van der Waals surface area contributed by atoms with Crippen molar-refractivity contribution >= 4 is 5.91 Å². The Labute approximate surface area is 121 Å². The normalized spacial score (nSPS) is 19.0. The van der Waals surface area contributed by atoms with Crippen LogP contribution in [0.1, 0.15) is 38.3 Å². The molecule has 1 aromatic carbocycles. The number of nitrogens with one attached hydrogen (secondary N) is 1. The number of carbonyl (C=O) groups excluding carboxylic acids is 1. The summed E-state index contributed by atoms with van der Waals surface area (Å²) < 4.78 is 0. The summed E-state index contributed by atoms with van der Waals surface area (Å²) >= 11 is 0. The molecule has 2 rings (SSSR count). The average Bonchev–Trinajstić information content (AvgIpc) is 2.48. The van der Waals surface area contributed by atoms with E-state index in [1.165, 1.54) is 0 Å². The van der Waals surface area contributed by atoms with Crippen molar-refractivity contribution in [1.82, 2.24) is 10.2 Å². The molecule has 3 N–H and O–H groups in total. The Hall–Kier alpha value is -1.39. The lowest BCUT2D eigenvalue weighted by molar-refractivity contribution is -0.123. The molecule has 1 saturated heterocycles. The maximum atomic E-state index is 12.2. The lowest BCUT2D eigenvalue weighted by Gasteiger charge is -2.35. The van der Waals surface area contributed by atoms with Crippen molar-refractivity contribution < 1.29 is 4.79 Å². The number of benzene rings is 1. The quantitative estimate of drug-likeness (QED) is 0.879. The number of nitrogens with two attached hydrogens (primary N) is 1. The Morgan fingerprint density at radius 3 is 2.40 bits per heavy atom. The summed E-state index contributed by atoms with van der Waals surface area (Å²) in [5, 5.41) is 3.09. The molecule has 1 atom stereocenters.